The van der Waals surface area contributed by atoms with Gasteiger partial charge in [-0.1, -0.05) is 33.6 Å². The molecule has 1 aliphatic heterocycles. The van der Waals surface area contributed by atoms with E-state index in [1.165, 1.54) is 11.5 Å². The van der Waals surface area contributed by atoms with Gasteiger partial charge in [-0.25, -0.2) is 0 Å². The van der Waals surface area contributed by atoms with Crippen LogP contribution in [0.1, 0.15) is 18.4 Å². The molecule has 164 valence electrons. The molecule has 1 saturated heterocycles. The summed E-state index contributed by atoms with van der Waals surface area (Å²) >= 11 is 11.9. The molecular formula is C24H26BrClN2O2S. The number of thioether (sulfide) groups is 1. The van der Waals surface area contributed by atoms with Crippen LogP contribution in [0.4, 0.5) is 0 Å². The van der Waals surface area contributed by atoms with Crippen molar-refractivity contribution in [3.63, 3.8) is 0 Å². The molecule has 31 heavy (non-hydrogen) atoms. The number of halogens is 2. The molecule has 2 N–H and O–H groups in total. The summed E-state index contributed by atoms with van der Waals surface area (Å²) in [6, 6.07) is 13.5. The van der Waals surface area contributed by atoms with E-state index in [2.05, 4.69) is 26.9 Å². The second kappa shape index (κ2) is 10.5. The van der Waals surface area contributed by atoms with Crippen molar-refractivity contribution in [1.82, 2.24) is 4.90 Å². The Labute approximate surface area is 200 Å². The molecule has 1 fully saturated rings. The predicted octanol–water partition coefficient (Wildman–Crippen LogP) is 5.57. The Bertz CT molecular complexity index is 1120. The molecule has 4 nitrogen and oxygen atoms in total. The number of para-hydroxylation sites is 1. The van der Waals surface area contributed by atoms with E-state index in [9.17, 15) is 4.79 Å². The molecule has 2 aromatic carbocycles. The highest BCUT2D eigenvalue weighted by Crippen LogP contribution is 2.31. The quantitative estimate of drug-likeness (QED) is 0.440. The van der Waals surface area contributed by atoms with Crippen molar-refractivity contribution in [1.29, 1.82) is 0 Å². The lowest BCUT2D eigenvalue weighted by Gasteiger charge is -2.35. The number of benzene rings is 2. The van der Waals surface area contributed by atoms with Crippen LogP contribution in [-0.4, -0.2) is 42.1 Å². The zero-order valence-corrected chi connectivity index (χ0v) is 20.4. The third-order valence-corrected chi connectivity index (χ3v) is 7.66. The van der Waals surface area contributed by atoms with Crippen LogP contribution in [0.15, 0.2) is 56.1 Å². The third kappa shape index (κ3) is 5.37. The van der Waals surface area contributed by atoms with E-state index < -0.39 is 0 Å². The van der Waals surface area contributed by atoms with Gasteiger partial charge in [-0.15, -0.1) is 0 Å². The van der Waals surface area contributed by atoms with E-state index in [4.69, 9.17) is 21.8 Å². The van der Waals surface area contributed by atoms with E-state index >= 15 is 0 Å². The number of hydrogen-bond acceptors (Lipinski definition) is 5. The number of rotatable bonds is 7. The molecule has 7 heteroatoms. The third-order valence-electron chi connectivity index (χ3n) is 5.78. The van der Waals surface area contributed by atoms with Gasteiger partial charge in [-0.05, 0) is 68.2 Å². The lowest BCUT2D eigenvalue weighted by atomic mass is 10.00. The molecule has 1 atom stereocenters. The van der Waals surface area contributed by atoms with Crippen LogP contribution in [0.5, 0.6) is 0 Å². The lowest BCUT2D eigenvalue weighted by Crippen LogP contribution is -2.43. The fraction of sp³-hybridized carbons (Fsp3) is 0.375. The van der Waals surface area contributed by atoms with Gasteiger partial charge in [0.25, 0.3) is 0 Å². The molecule has 3 aromatic rings. The van der Waals surface area contributed by atoms with Gasteiger partial charge in [0, 0.05) is 40.2 Å². The predicted molar refractivity (Wildman–Crippen MR) is 135 cm³/mol. The molecule has 0 radical (unpaired) electrons. The second-order valence-corrected chi connectivity index (χ2v) is 10.3. The van der Waals surface area contributed by atoms with E-state index in [1.54, 1.807) is 24.3 Å². The van der Waals surface area contributed by atoms with Crippen LogP contribution in [-0.2, 0) is 6.42 Å². The topological polar surface area (TPSA) is 59.5 Å². The van der Waals surface area contributed by atoms with Crippen LogP contribution >= 0.6 is 39.3 Å². The Morgan fingerprint density at radius 1 is 1.26 bits per heavy atom. The summed E-state index contributed by atoms with van der Waals surface area (Å²) in [5, 5.41) is 0.952. The first-order valence-electron chi connectivity index (χ1n) is 10.6. The maximum Gasteiger partial charge on any atom is 0.193 e. The van der Waals surface area contributed by atoms with Gasteiger partial charge in [-0.2, -0.15) is 11.8 Å². The second-order valence-electron chi connectivity index (χ2n) is 7.84. The number of fused-ring (bicyclic) bond motifs is 1. The van der Waals surface area contributed by atoms with Crippen molar-refractivity contribution in [2.45, 2.75) is 25.3 Å². The first kappa shape index (κ1) is 22.9. The highest BCUT2D eigenvalue weighted by atomic mass is 79.9. The summed E-state index contributed by atoms with van der Waals surface area (Å²) in [5.74, 6) is 2.91. The van der Waals surface area contributed by atoms with Gasteiger partial charge in [0.15, 0.2) is 11.0 Å². The first-order chi connectivity index (χ1) is 15.1. The molecule has 0 aliphatic carbocycles. The van der Waals surface area contributed by atoms with Crippen molar-refractivity contribution >= 4 is 50.3 Å². The molecule has 2 heterocycles. The zero-order chi connectivity index (χ0) is 21.8. The number of nitrogens with zero attached hydrogens (tertiary/aromatic N) is 1. The van der Waals surface area contributed by atoms with E-state index in [1.807, 2.05) is 23.9 Å². The smallest absolute Gasteiger partial charge is 0.193 e. The first-order valence-corrected chi connectivity index (χ1v) is 12.9. The Morgan fingerprint density at radius 3 is 2.97 bits per heavy atom. The van der Waals surface area contributed by atoms with Crippen LogP contribution < -0.4 is 11.2 Å². The van der Waals surface area contributed by atoms with Crippen LogP contribution in [0.25, 0.3) is 22.3 Å². The normalized spacial score (nSPS) is 17.3. The van der Waals surface area contributed by atoms with Crippen molar-refractivity contribution in [2.24, 2.45) is 5.73 Å². The average molecular weight is 522 g/mol. The molecule has 1 aromatic heterocycles. The monoisotopic (exact) mass is 520 g/mol. The summed E-state index contributed by atoms with van der Waals surface area (Å²) in [6.07, 6.45) is 2.99. The van der Waals surface area contributed by atoms with E-state index in [-0.39, 0.29) is 5.43 Å². The minimum absolute atomic E-state index is 0.0805. The van der Waals surface area contributed by atoms with Gasteiger partial charge in [0.1, 0.15) is 5.76 Å². The molecule has 0 bridgehead atoms. The Morgan fingerprint density at radius 2 is 2.13 bits per heavy atom. The van der Waals surface area contributed by atoms with Gasteiger partial charge in [0.05, 0.1) is 10.4 Å². The fourth-order valence-electron chi connectivity index (χ4n) is 4.20. The van der Waals surface area contributed by atoms with E-state index in [0.29, 0.717) is 27.8 Å². The standard InChI is InChI=1S/C24H26BrClN2O2S/c25-17-6-7-19(23-14-22(29)20-4-1-5-21(26)24(20)30-23)16(13-17)3-2-10-28-11-12-31-15-18(28)8-9-27/h1,4-7,13-14,18H,2-3,8-12,15,27H2. The summed E-state index contributed by atoms with van der Waals surface area (Å²) in [6.45, 7) is 2.91. The lowest BCUT2D eigenvalue weighted by molar-refractivity contribution is 0.209. The zero-order valence-electron chi connectivity index (χ0n) is 17.3. The van der Waals surface area contributed by atoms with Gasteiger partial charge >= 0.3 is 0 Å². The van der Waals surface area contributed by atoms with Crippen molar-refractivity contribution in [3.05, 3.63) is 67.7 Å². The minimum Gasteiger partial charge on any atom is -0.454 e. The average Bonchev–Trinajstić information content (AvgIpc) is 2.76. The number of aryl methyl sites for hydroxylation is 1. The summed E-state index contributed by atoms with van der Waals surface area (Å²) in [5.41, 5.74) is 8.28. The summed E-state index contributed by atoms with van der Waals surface area (Å²) in [4.78, 5) is 15.3. The Hall–Kier alpha value is -1.31. The van der Waals surface area contributed by atoms with Crippen LogP contribution in [0.3, 0.4) is 0 Å². The minimum atomic E-state index is -0.0805. The molecule has 1 unspecified atom stereocenters. The molecule has 0 spiro atoms. The van der Waals surface area contributed by atoms with Gasteiger partial charge < -0.3 is 10.2 Å². The SMILES string of the molecule is NCCC1CSCCN1CCCc1cc(Br)ccc1-c1cc(=O)c2cccc(Cl)c2o1. The highest BCUT2D eigenvalue weighted by molar-refractivity contribution is 9.10. The molecule has 4 rings (SSSR count). The number of hydrogen-bond donors (Lipinski definition) is 1. The summed E-state index contributed by atoms with van der Waals surface area (Å²) in [7, 11) is 0. The highest BCUT2D eigenvalue weighted by Gasteiger charge is 2.21. The van der Waals surface area contributed by atoms with Crippen molar-refractivity contribution in [3.8, 4) is 11.3 Å². The maximum absolute atomic E-state index is 12.7. The molecule has 0 saturated carbocycles. The van der Waals surface area contributed by atoms with Crippen LogP contribution in [0, 0.1) is 0 Å². The molecular weight excluding hydrogens is 496 g/mol. The number of nitrogens with two attached hydrogens (primary N) is 1. The largest absolute Gasteiger partial charge is 0.454 e. The van der Waals surface area contributed by atoms with Crippen LogP contribution in [0.2, 0.25) is 5.02 Å². The molecule has 0 amide bonds. The van der Waals surface area contributed by atoms with Crippen molar-refractivity contribution in [2.75, 3.05) is 31.1 Å². The van der Waals surface area contributed by atoms with Gasteiger partial charge in [0.2, 0.25) is 0 Å². The molecule has 1 aliphatic rings. The van der Waals surface area contributed by atoms with Gasteiger partial charge in [-0.3, -0.25) is 9.69 Å². The Kier molecular flexibility index (Phi) is 7.77. The van der Waals surface area contributed by atoms with Crippen molar-refractivity contribution < 1.29 is 4.42 Å². The summed E-state index contributed by atoms with van der Waals surface area (Å²) < 4.78 is 7.13. The fourth-order valence-corrected chi connectivity index (χ4v) is 6.00. The Balaban J connectivity index is 1.58. The van der Waals surface area contributed by atoms with E-state index in [0.717, 1.165) is 54.5 Å². The maximum atomic E-state index is 12.7.